The van der Waals surface area contributed by atoms with E-state index in [9.17, 15) is 4.79 Å². The van der Waals surface area contributed by atoms with Crippen molar-refractivity contribution in [3.63, 3.8) is 0 Å². The lowest BCUT2D eigenvalue weighted by Gasteiger charge is -2.12. The van der Waals surface area contributed by atoms with Crippen molar-refractivity contribution in [1.29, 1.82) is 0 Å². The van der Waals surface area contributed by atoms with Crippen LogP contribution in [0.1, 0.15) is 12.3 Å². The first-order valence-corrected chi connectivity index (χ1v) is 7.53. The Hall–Kier alpha value is -1.92. The molecule has 1 saturated heterocycles. The Bertz CT molecular complexity index is 656. The fourth-order valence-corrected chi connectivity index (χ4v) is 2.69. The van der Waals surface area contributed by atoms with Crippen molar-refractivity contribution < 1.29 is 14.4 Å². The molecule has 1 aliphatic heterocycles. The number of carbonyl (C=O) groups is 1. The van der Waals surface area contributed by atoms with E-state index in [0.717, 1.165) is 18.7 Å². The van der Waals surface area contributed by atoms with Crippen molar-refractivity contribution in [2.75, 3.05) is 19.6 Å². The molecule has 0 aliphatic carbocycles. The van der Waals surface area contributed by atoms with Gasteiger partial charge in [-0.25, -0.2) is 0 Å². The molecule has 1 N–H and O–H groups in total. The van der Waals surface area contributed by atoms with Crippen molar-refractivity contribution >= 4 is 17.6 Å². The van der Waals surface area contributed by atoms with Gasteiger partial charge in [-0.3, -0.25) is 4.79 Å². The Balaban J connectivity index is 1.56. The summed E-state index contributed by atoms with van der Waals surface area (Å²) in [5, 5.41) is 13.6. The second kappa shape index (κ2) is 6.46. The summed E-state index contributed by atoms with van der Waals surface area (Å²) in [5.41, 5.74) is 0.853. The fraction of sp³-hybridized carbons (Fsp3) is 0.400. The van der Waals surface area contributed by atoms with Gasteiger partial charge in [0.25, 0.3) is 0 Å². The third kappa shape index (κ3) is 3.45. The highest BCUT2D eigenvalue weighted by Crippen LogP contribution is 2.20. The van der Waals surface area contributed by atoms with Gasteiger partial charge in [0.2, 0.25) is 11.7 Å². The molecular formula is C15H16ClN3O3. The third-order valence-electron chi connectivity index (χ3n) is 3.83. The largest absolute Gasteiger partial charge is 0.481 e. The molecule has 1 aromatic carbocycles. The molecule has 0 radical (unpaired) electrons. The molecule has 2 aromatic rings. The lowest BCUT2D eigenvalue weighted by Crippen LogP contribution is -2.25. The highest BCUT2D eigenvalue weighted by molar-refractivity contribution is 6.30. The van der Waals surface area contributed by atoms with Crippen LogP contribution in [0.4, 0.5) is 0 Å². The minimum Gasteiger partial charge on any atom is -0.481 e. The molecule has 2 heterocycles. The summed E-state index contributed by atoms with van der Waals surface area (Å²) < 4.78 is 5.25. The van der Waals surface area contributed by atoms with Crippen molar-refractivity contribution in [1.82, 2.24) is 15.0 Å². The molecule has 0 spiro atoms. The number of carboxylic acids is 1. The van der Waals surface area contributed by atoms with Gasteiger partial charge in [-0.1, -0.05) is 16.8 Å². The van der Waals surface area contributed by atoms with Gasteiger partial charge in [-0.2, -0.15) is 4.98 Å². The maximum absolute atomic E-state index is 10.9. The first kappa shape index (κ1) is 15.0. The maximum atomic E-state index is 10.9. The zero-order chi connectivity index (χ0) is 15.5. The number of aromatic nitrogens is 2. The summed E-state index contributed by atoms with van der Waals surface area (Å²) in [5.74, 6) is 0.123. The first-order valence-electron chi connectivity index (χ1n) is 7.15. The van der Waals surface area contributed by atoms with Gasteiger partial charge in [0.15, 0.2) is 0 Å². The van der Waals surface area contributed by atoms with E-state index in [4.69, 9.17) is 21.2 Å². The van der Waals surface area contributed by atoms with Crippen LogP contribution in [-0.4, -0.2) is 45.8 Å². The zero-order valence-corrected chi connectivity index (χ0v) is 12.7. The van der Waals surface area contributed by atoms with Crippen LogP contribution in [-0.2, 0) is 11.2 Å². The predicted molar refractivity (Wildman–Crippen MR) is 80.6 cm³/mol. The maximum Gasteiger partial charge on any atom is 0.307 e. The topological polar surface area (TPSA) is 79.5 Å². The molecule has 116 valence electrons. The monoisotopic (exact) mass is 321 g/mol. The Labute approximate surface area is 132 Å². The molecule has 7 heteroatoms. The summed E-state index contributed by atoms with van der Waals surface area (Å²) in [4.78, 5) is 17.4. The van der Waals surface area contributed by atoms with E-state index >= 15 is 0 Å². The second-order valence-electron chi connectivity index (χ2n) is 5.39. The number of hydrogen-bond donors (Lipinski definition) is 1. The van der Waals surface area contributed by atoms with Crippen LogP contribution in [0.2, 0.25) is 5.02 Å². The molecule has 0 amide bonds. The normalized spacial score (nSPS) is 18.7. The van der Waals surface area contributed by atoms with Crippen LogP contribution in [0, 0.1) is 5.92 Å². The number of likely N-dealkylation sites (tertiary alicyclic amines) is 1. The SMILES string of the molecule is O=C(O)C1CCN(CCc2nc(-c3ccc(Cl)cc3)no2)C1. The molecule has 1 atom stereocenters. The minimum absolute atomic E-state index is 0.257. The van der Waals surface area contributed by atoms with Gasteiger partial charge in [0.1, 0.15) is 0 Å². The van der Waals surface area contributed by atoms with E-state index in [1.807, 2.05) is 12.1 Å². The highest BCUT2D eigenvalue weighted by atomic mass is 35.5. The standard InChI is InChI=1S/C15H16ClN3O3/c16-12-3-1-10(2-4-12)14-17-13(22-18-14)6-8-19-7-5-11(9-19)15(20)21/h1-4,11H,5-9H2,(H,20,21). The molecule has 1 aliphatic rings. The Morgan fingerprint density at radius 1 is 1.41 bits per heavy atom. The molecular weight excluding hydrogens is 306 g/mol. The predicted octanol–water partition coefficient (Wildman–Crippen LogP) is 2.34. The second-order valence-corrected chi connectivity index (χ2v) is 5.83. The molecule has 22 heavy (non-hydrogen) atoms. The molecule has 3 rings (SSSR count). The van der Waals surface area contributed by atoms with E-state index in [-0.39, 0.29) is 5.92 Å². The van der Waals surface area contributed by atoms with Gasteiger partial charge >= 0.3 is 5.97 Å². The average molecular weight is 322 g/mol. The van der Waals surface area contributed by atoms with Crippen LogP contribution in [0.5, 0.6) is 0 Å². The van der Waals surface area contributed by atoms with Crippen molar-refractivity contribution in [2.45, 2.75) is 12.8 Å². The van der Waals surface area contributed by atoms with Crippen molar-refractivity contribution in [3.8, 4) is 11.4 Å². The number of aliphatic carboxylic acids is 1. The number of hydrogen-bond acceptors (Lipinski definition) is 5. The molecule has 0 saturated carbocycles. The summed E-state index contributed by atoms with van der Waals surface area (Å²) >= 11 is 5.85. The van der Waals surface area contributed by atoms with Gasteiger partial charge < -0.3 is 14.5 Å². The quantitative estimate of drug-likeness (QED) is 0.910. The first-order chi connectivity index (χ1) is 10.6. The molecule has 1 fully saturated rings. The Morgan fingerprint density at radius 3 is 2.86 bits per heavy atom. The van der Waals surface area contributed by atoms with E-state index in [1.165, 1.54) is 0 Å². The van der Waals surface area contributed by atoms with Crippen molar-refractivity contribution in [3.05, 3.63) is 35.2 Å². The summed E-state index contributed by atoms with van der Waals surface area (Å²) in [7, 11) is 0. The fourth-order valence-electron chi connectivity index (χ4n) is 2.56. The lowest BCUT2D eigenvalue weighted by atomic mass is 10.1. The van der Waals surface area contributed by atoms with E-state index in [2.05, 4.69) is 15.0 Å². The molecule has 6 nitrogen and oxygen atoms in total. The lowest BCUT2D eigenvalue weighted by molar-refractivity contribution is -0.141. The Kier molecular flexibility index (Phi) is 4.40. The van der Waals surface area contributed by atoms with Gasteiger partial charge in [-0.05, 0) is 37.2 Å². The highest BCUT2D eigenvalue weighted by Gasteiger charge is 2.27. The van der Waals surface area contributed by atoms with Crippen LogP contribution < -0.4 is 0 Å². The third-order valence-corrected chi connectivity index (χ3v) is 4.09. The van der Waals surface area contributed by atoms with E-state index < -0.39 is 5.97 Å². The van der Waals surface area contributed by atoms with Gasteiger partial charge in [0, 0.05) is 30.1 Å². The van der Waals surface area contributed by atoms with Crippen LogP contribution in [0.25, 0.3) is 11.4 Å². The van der Waals surface area contributed by atoms with Crippen LogP contribution in [0.15, 0.2) is 28.8 Å². The average Bonchev–Trinajstić information content (AvgIpc) is 3.15. The Morgan fingerprint density at radius 2 is 2.18 bits per heavy atom. The zero-order valence-electron chi connectivity index (χ0n) is 11.9. The van der Waals surface area contributed by atoms with E-state index in [1.54, 1.807) is 12.1 Å². The van der Waals surface area contributed by atoms with Gasteiger partial charge in [0.05, 0.1) is 5.92 Å². The molecule has 0 bridgehead atoms. The van der Waals surface area contributed by atoms with Crippen LogP contribution in [0.3, 0.4) is 0 Å². The minimum atomic E-state index is -0.717. The number of halogens is 1. The summed E-state index contributed by atoms with van der Waals surface area (Å²) in [6, 6.07) is 7.25. The van der Waals surface area contributed by atoms with Crippen molar-refractivity contribution in [2.24, 2.45) is 5.92 Å². The summed E-state index contributed by atoms with van der Waals surface area (Å²) in [6.07, 6.45) is 1.32. The van der Waals surface area contributed by atoms with Gasteiger partial charge in [-0.15, -0.1) is 0 Å². The smallest absolute Gasteiger partial charge is 0.307 e. The number of carboxylic acid groups (broad SMARTS) is 1. The van der Waals surface area contributed by atoms with Crippen LogP contribution >= 0.6 is 11.6 Å². The number of benzene rings is 1. The molecule has 1 aromatic heterocycles. The number of nitrogens with zero attached hydrogens (tertiary/aromatic N) is 3. The summed E-state index contributed by atoms with van der Waals surface area (Å²) in [6.45, 7) is 2.12. The number of rotatable bonds is 5. The molecule has 1 unspecified atom stereocenters. The van der Waals surface area contributed by atoms with E-state index in [0.29, 0.717) is 36.1 Å².